The van der Waals surface area contributed by atoms with E-state index in [1.807, 2.05) is 0 Å². The molecule has 1 atom stereocenters. The number of nitrogens with zero attached hydrogens (tertiary/aromatic N) is 1. The summed E-state index contributed by atoms with van der Waals surface area (Å²) in [5.74, 6) is 5.09. The second kappa shape index (κ2) is 6.32. The summed E-state index contributed by atoms with van der Waals surface area (Å²) in [5, 5.41) is 2.83. The third-order valence-electron chi connectivity index (χ3n) is 2.94. The smallest absolute Gasteiger partial charge is 0.269 e. The average molecular weight is 250 g/mol. The summed E-state index contributed by atoms with van der Waals surface area (Å²) in [5.41, 5.74) is 3.50. The van der Waals surface area contributed by atoms with Crippen LogP contribution in [0.2, 0.25) is 0 Å². The van der Waals surface area contributed by atoms with Crippen molar-refractivity contribution in [2.45, 2.75) is 25.4 Å². The number of nitrogen functional groups attached to an aromatic ring is 1. The number of hydrazine groups is 1. The maximum atomic E-state index is 11.8. The van der Waals surface area contributed by atoms with E-state index >= 15 is 0 Å². The average Bonchev–Trinajstić information content (AvgIpc) is 2.92. The predicted octanol–water partition coefficient (Wildman–Crippen LogP) is 0.666. The number of carbonyl (C=O) groups excluding carboxylic acids is 1. The van der Waals surface area contributed by atoms with Gasteiger partial charge in [0.25, 0.3) is 5.91 Å². The lowest BCUT2D eigenvalue weighted by atomic mass is 10.2. The van der Waals surface area contributed by atoms with Crippen LogP contribution in [0.3, 0.4) is 0 Å². The van der Waals surface area contributed by atoms with Gasteiger partial charge in [-0.05, 0) is 31.4 Å². The van der Waals surface area contributed by atoms with Crippen LogP contribution in [0, 0.1) is 0 Å². The molecular formula is C12H18N4O2. The Labute approximate surface area is 106 Å². The number of pyridine rings is 1. The van der Waals surface area contributed by atoms with Crippen LogP contribution in [0.5, 0.6) is 0 Å². The number of nitrogens with two attached hydrogens (primary N) is 1. The molecule has 0 aliphatic carbocycles. The molecule has 6 heteroatoms. The van der Waals surface area contributed by atoms with Gasteiger partial charge in [-0.15, -0.1) is 0 Å². The number of anilines is 1. The van der Waals surface area contributed by atoms with Crippen molar-refractivity contribution < 1.29 is 9.53 Å². The van der Waals surface area contributed by atoms with Crippen molar-refractivity contribution in [3.63, 3.8) is 0 Å². The Morgan fingerprint density at radius 1 is 1.61 bits per heavy atom. The first-order chi connectivity index (χ1) is 8.79. The molecule has 0 saturated carbocycles. The van der Waals surface area contributed by atoms with Gasteiger partial charge in [0, 0.05) is 19.3 Å². The first-order valence-corrected chi connectivity index (χ1v) is 6.12. The lowest BCUT2D eigenvalue weighted by molar-refractivity contribution is 0.0903. The highest BCUT2D eigenvalue weighted by atomic mass is 16.5. The van der Waals surface area contributed by atoms with E-state index in [1.165, 1.54) is 0 Å². The summed E-state index contributed by atoms with van der Waals surface area (Å²) in [6, 6.07) is 3.31. The van der Waals surface area contributed by atoms with Crippen molar-refractivity contribution >= 4 is 11.6 Å². The molecule has 0 spiro atoms. The molecule has 1 saturated heterocycles. The number of carbonyl (C=O) groups is 1. The summed E-state index contributed by atoms with van der Waals surface area (Å²) in [6.45, 7) is 1.44. The largest absolute Gasteiger partial charge is 0.378 e. The Morgan fingerprint density at radius 3 is 3.22 bits per heavy atom. The molecule has 1 aromatic heterocycles. The van der Waals surface area contributed by atoms with E-state index in [2.05, 4.69) is 15.7 Å². The SMILES string of the molecule is NNc1ccnc(C(=O)NCCC2CCCO2)c1. The van der Waals surface area contributed by atoms with Gasteiger partial charge < -0.3 is 15.5 Å². The molecule has 18 heavy (non-hydrogen) atoms. The fourth-order valence-corrected chi connectivity index (χ4v) is 1.95. The third kappa shape index (κ3) is 3.41. The zero-order valence-corrected chi connectivity index (χ0v) is 10.2. The number of ether oxygens (including phenoxy) is 1. The minimum Gasteiger partial charge on any atom is -0.378 e. The molecule has 0 bridgehead atoms. The van der Waals surface area contributed by atoms with E-state index in [-0.39, 0.29) is 12.0 Å². The fraction of sp³-hybridized carbons (Fsp3) is 0.500. The highest BCUT2D eigenvalue weighted by Crippen LogP contribution is 2.14. The maximum Gasteiger partial charge on any atom is 0.269 e. The Hall–Kier alpha value is -1.66. The Morgan fingerprint density at radius 2 is 2.50 bits per heavy atom. The number of hydrogen-bond donors (Lipinski definition) is 3. The number of nitrogens with one attached hydrogen (secondary N) is 2. The monoisotopic (exact) mass is 250 g/mol. The molecule has 1 amide bonds. The Balaban J connectivity index is 1.79. The molecule has 0 radical (unpaired) electrons. The highest BCUT2D eigenvalue weighted by molar-refractivity contribution is 5.93. The lowest BCUT2D eigenvalue weighted by Gasteiger charge is -2.10. The topological polar surface area (TPSA) is 89.3 Å². The van der Waals surface area contributed by atoms with Crippen LogP contribution in [-0.2, 0) is 4.74 Å². The molecule has 6 nitrogen and oxygen atoms in total. The van der Waals surface area contributed by atoms with Crippen molar-refractivity contribution in [3.8, 4) is 0 Å². The second-order valence-electron chi connectivity index (χ2n) is 4.25. The molecule has 0 aromatic carbocycles. The van der Waals surface area contributed by atoms with E-state index in [1.54, 1.807) is 18.3 Å². The summed E-state index contributed by atoms with van der Waals surface area (Å²) in [7, 11) is 0. The first kappa shape index (κ1) is 12.8. The quantitative estimate of drug-likeness (QED) is 0.528. The van der Waals surface area contributed by atoms with E-state index < -0.39 is 0 Å². The molecule has 4 N–H and O–H groups in total. The summed E-state index contributed by atoms with van der Waals surface area (Å²) in [6.07, 6.45) is 4.88. The van der Waals surface area contributed by atoms with E-state index in [9.17, 15) is 4.79 Å². The van der Waals surface area contributed by atoms with Crippen LogP contribution >= 0.6 is 0 Å². The fourth-order valence-electron chi connectivity index (χ4n) is 1.95. The molecule has 2 rings (SSSR count). The summed E-state index contributed by atoms with van der Waals surface area (Å²) >= 11 is 0. The molecule has 1 aromatic rings. The van der Waals surface area contributed by atoms with Crippen LogP contribution in [-0.4, -0.2) is 30.1 Å². The van der Waals surface area contributed by atoms with Crippen LogP contribution < -0.4 is 16.6 Å². The molecule has 98 valence electrons. The number of amides is 1. The van der Waals surface area contributed by atoms with E-state index in [0.29, 0.717) is 17.9 Å². The van der Waals surface area contributed by atoms with Gasteiger partial charge in [-0.1, -0.05) is 0 Å². The predicted molar refractivity (Wildman–Crippen MR) is 68.0 cm³/mol. The standard InChI is InChI=1S/C12H18N4O2/c13-16-9-3-5-14-11(8-9)12(17)15-6-4-10-2-1-7-18-10/h3,5,8,10H,1-2,4,6-7,13H2,(H,14,16)(H,15,17). The van der Waals surface area contributed by atoms with Gasteiger partial charge in [-0.2, -0.15) is 0 Å². The Bertz CT molecular complexity index is 405. The van der Waals surface area contributed by atoms with E-state index in [0.717, 1.165) is 25.9 Å². The molecular weight excluding hydrogens is 232 g/mol. The van der Waals surface area contributed by atoms with Gasteiger partial charge in [0.1, 0.15) is 5.69 Å². The Kier molecular flexibility index (Phi) is 4.49. The third-order valence-corrected chi connectivity index (χ3v) is 2.94. The molecule has 2 heterocycles. The van der Waals surface area contributed by atoms with Crippen molar-refractivity contribution in [1.82, 2.24) is 10.3 Å². The maximum absolute atomic E-state index is 11.8. The first-order valence-electron chi connectivity index (χ1n) is 6.12. The molecule has 1 unspecified atom stereocenters. The van der Waals surface area contributed by atoms with Crippen molar-refractivity contribution in [1.29, 1.82) is 0 Å². The van der Waals surface area contributed by atoms with E-state index in [4.69, 9.17) is 10.6 Å². The molecule has 1 fully saturated rings. The summed E-state index contributed by atoms with van der Waals surface area (Å²) in [4.78, 5) is 15.8. The summed E-state index contributed by atoms with van der Waals surface area (Å²) < 4.78 is 5.48. The van der Waals surface area contributed by atoms with Gasteiger partial charge in [0.2, 0.25) is 0 Å². The van der Waals surface area contributed by atoms with Crippen LogP contribution in [0.25, 0.3) is 0 Å². The second-order valence-corrected chi connectivity index (χ2v) is 4.25. The number of hydrogen-bond acceptors (Lipinski definition) is 5. The normalized spacial score (nSPS) is 18.6. The van der Waals surface area contributed by atoms with Gasteiger partial charge >= 0.3 is 0 Å². The van der Waals surface area contributed by atoms with Crippen LogP contribution in [0.4, 0.5) is 5.69 Å². The minimum absolute atomic E-state index is 0.190. The van der Waals surface area contributed by atoms with Gasteiger partial charge in [-0.3, -0.25) is 15.6 Å². The highest BCUT2D eigenvalue weighted by Gasteiger charge is 2.15. The lowest BCUT2D eigenvalue weighted by Crippen LogP contribution is -2.27. The van der Waals surface area contributed by atoms with Crippen LogP contribution in [0.1, 0.15) is 29.8 Å². The molecule has 1 aliphatic rings. The van der Waals surface area contributed by atoms with Crippen molar-refractivity contribution in [2.75, 3.05) is 18.6 Å². The van der Waals surface area contributed by atoms with Crippen molar-refractivity contribution in [3.05, 3.63) is 24.0 Å². The molecule has 1 aliphatic heterocycles. The minimum atomic E-state index is -0.190. The number of rotatable bonds is 5. The zero-order valence-electron chi connectivity index (χ0n) is 10.2. The van der Waals surface area contributed by atoms with Gasteiger partial charge in [0.05, 0.1) is 11.8 Å². The zero-order chi connectivity index (χ0) is 12.8. The van der Waals surface area contributed by atoms with Crippen LogP contribution in [0.15, 0.2) is 18.3 Å². The van der Waals surface area contributed by atoms with Gasteiger partial charge in [0.15, 0.2) is 0 Å². The number of aromatic nitrogens is 1. The van der Waals surface area contributed by atoms with Crippen molar-refractivity contribution in [2.24, 2.45) is 5.84 Å². The van der Waals surface area contributed by atoms with Gasteiger partial charge in [-0.25, -0.2) is 0 Å².